The van der Waals surface area contributed by atoms with Gasteiger partial charge in [-0.1, -0.05) is 13.8 Å². The van der Waals surface area contributed by atoms with E-state index in [1.165, 1.54) is 0 Å². The minimum absolute atomic E-state index is 0.0625. The van der Waals surface area contributed by atoms with Crippen LogP contribution in [0.25, 0.3) is 0 Å². The van der Waals surface area contributed by atoms with Crippen LogP contribution in [-0.4, -0.2) is 18.7 Å². The fraction of sp³-hybridized carbons (Fsp3) is 0.385. The zero-order valence-corrected chi connectivity index (χ0v) is 10.4. The molecule has 0 saturated heterocycles. The van der Waals surface area contributed by atoms with Gasteiger partial charge in [0.25, 0.3) is 0 Å². The standard InChI is InChI=1S/C13H18N2O2/c1-4-17-12-7-5-11(6-8-12)9-14-15-13(16)10(2)3/h5-10H,4H2,1-3H3,(H,15,16)/b14-9+. The summed E-state index contributed by atoms with van der Waals surface area (Å²) in [5, 5.41) is 3.87. The quantitative estimate of drug-likeness (QED) is 0.627. The Labute approximate surface area is 102 Å². The molecule has 0 atom stereocenters. The molecule has 0 radical (unpaired) electrons. The lowest BCUT2D eigenvalue weighted by Crippen LogP contribution is -2.22. The molecule has 0 unspecified atom stereocenters. The predicted octanol–water partition coefficient (Wildman–Crippen LogP) is 2.19. The second kappa shape index (κ2) is 6.68. The topological polar surface area (TPSA) is 50.7 Å². The molecule has 0 fully saturated rings. The average molecular weight is 234 g/mol. The highest BCUT2D eigenvalue weighted by Gasteiger charge is 2.03. The lowest BCUT2D eigenvalue weighted by molar-refractivity contribution is -0.123. The summed E-state index contributed by atoms with van der Waals surface area (Å²) in [5.41, 5.74) is 3.38. The van der Waals surface area contributed by atoms with Crippen LogP contribution in [0, 0.1) is 5.92 Å². The third-order valence-corrected chi connectivity index (χ3v) is 2.10. The Kier molecular flexibility index (Phi) is 5.20. The maximum absolute atomic E-state index is 11.2. The third kappa shape index (κ3) is 4.68. The lowest BCUT2D eigenvalue weighted by Gasteiger charge is -2.03. The van der Waals surface area contributed by atoms with E-state index in [0.717, 1.165) is 11.3 Å². The molecule has 4 nitrogen and oxygen atoms in total. The predicted molar refractivity (Wildman–Crippen MR) is 68.2 cm³/mol. The van der Waals surface area contributed by atoms with Crippen molar-refractivity contribution >= 4 is 12.1 Å². The minimum Gasteiger partial charge on any atom is -0.494 e. The maximum Gasteiger partial charge on any atom is 0.242 e. The summed E-state index contributed by atoms with van der Waals surface area (Å²) >= 11 is 0. The van der Waals surface area contributed by atoms with Crippen molar-refractivity contribution in [2.24, 2.45) is 11.0 Å². The van der Waals surface area contributed by atoms with Gasteiger partial charge < -0.3 is 4.74 Å². The molecule has 1 aromatic rings. The number of ether oxygens (including phenoxy) is 1. The zero-order valence-electron chi connectivity index (χ0n) is 10.4. The number of rotatable bonds is 5. The smallest absolute Gasteiger partial charge is 0.242 e. The van der Waals surface area contributed by atoms with Crippen molar-refractivity contribution in [2.45, 2.75) is 20.8 Å². The maximum atomic E-state index is 11.2. The number of amides is 1. The fourth-order valence-corrected chi connectivity index (χ4v) is 1.12. The van der Waals surface area contributed by atoms with E-state index in [1.54, 1.807) is 6.21 Å². The molecule has 4 heteroatoms. The van der Waals surface area contributed by atoms with E-state index >= 15 is 0 Å². The van der Waals surface area contributed by atoms with Crippen LogP contribution in [-0.2, 0) is 4.79 Å². The summed E-state index contributed by atoms with van der Waals surface area (Å²) in [6, 6.07) is 7.51. The molecule has 1 N–H and O–H groups in total. The van der Waals surface area contributed by atoms with Gasteiger partial charge in [-0.2, -0.15) is 5.10 Å². The summed E-state index contributed by atoms with van der Waals surface area (Å²) < 4.78 is 5.32. The molecule has 1 aromatic carbocycles. The van der Waals surface area contributed by atoms with Crippen molar-refractivity contribution in [1.82, 2.24) is 5.43 Å². The number of hydrogen-bond donors (Lipinski definition) is 1. The van der Waals surface area contributed by atoms with E-state index in [4.69, 9.17) is 4.74 Å². The van der Waals surface area contributed by atoms with Gasteiger partial charge in [-0.15, -0.1) is 0 Å². The van der Waals surface area contributed by atoms with Gasteiger partial charge in [0.2, 0.25) is 5.91 Å². The van der Waals surface area contributed by atoms with Crippen molar-refractivity contribution in [1.29, 1.82) is 0 Å². The molecule has 0 aliphatic carbocycles. The van der Waals surface area contributed by atoms with Crippen LogP contribution in [0.15, 0.2) is 29.4 Å². The Bertz CT molecular complexity index is 383. The van der Waals surface area contributed by atoms with Crippen molar-refractivity contribution in [3.8, 4) is 5.75 Å². The zero-order chi connectivity index (χ0) is 12.7. The van der Waals surface area contributed by atoms with E-state index in [1.807, 2.05) is 45.0 Å². The first-order chi connectivity index (χ1) is 8.13. The molecule has 0 bridgehead atoms. The van der Waals surface area contributed by atoms with Gasteiger partial charge in [0, 0.05) is 5.92 Å². The highest BCUT2D eigenvalue weighted by molar-refractivity contribution is 5.83. The summed E-state index contributed by atoms with van der Waals surface area (Å²) in [7, 11) is 0. The molecular formula is C13H18N2O2. The Morgan fingerprint density at radius 2 is 2.06 bits per heavy atom. The van der Waals surface area contributed by atoms with Crippen LogP contribution in [0.3, 0.4) is 0 Å². The molecule has 0 aliphatic heterocycles. The molecule has 0 aliphatic rings. The van der Waals surface area contributed by atoms with Gasteiger partial charge in [0.05, 0.1) is 12.8 Å². The Hall–Kier alpha value is -1.84. The number of hydrazone groups is 1. The first-order valence-electron chi connectivity index (χ1n) is 5.69. The largest absolute Gasteiger partial charge is 0.494 e. The van der Waals surface area contributed by atoms with Gasteiger partial charge in [0.15, 0.2) is 0 Å². The highest BCUT2D eigenvalue weighted by atomic mass is 16.5. The number of hydrogen-bond acceptors (Lipinski definition) is 3. The summed E-state index contributed by atoms with van der Waals surface area (Å²) in [4.78, 5) is 11.2. The van der Waals surface area contributed by atoms with Gasteiger partial charge in [-0.25, -0.2) is 5.43 Å². The molecule has 0 aromatic heterocycles. The second-order valence-electron chi connectivity index (χ2n) is 3.89. The van der Waals surface area contributed by atoms with Crippen molar-refractivity contribution < 1.29 is 9.53 Å². The molecule has 0 saturated carbocycles. The number of nitrogens with zero attached hydrogens (tertiary/aromatic N) is 1. The van der Waals surface area contributed by atoms with Crippen molar-refractivity contribution in [3.05, 3.63) is 29.8 Å². The van der Waals surface area contributed by atoms with Gasteiger partial charge >= 0.3 is 0 Å². The molecule has 0 heterocycles. The van der Waals surface area contributed by atoms with Gasteiger partial charge in [0.1, 0.15) is 5.75 Å². The summed E-state index contributed by atoms with van der Waals surface area (Å²) in [6.07, 6.45) is 1.61. The number of carbonyl (C=O) groups excluding carboxylic acids is 1. The number of benzene rings is 1. The lowest BCUT2D eigenvalue weighted by atomic mass is 10.2. The van der Waals surface area contributed by atoms with Crippen LogP contribution in [0.2, 0.25) is 0 Å². The first kappa shape index (κ1) is 13.2. The van der Waals surface area contributed by atoms with Crippen molar-refractivity contribution in [2.75, 3.05) is 6.61 Å². The summed E-state index contributed by atoms with van der Waals surface area (Å²) in [6.45, 7) is 6.23. The Morgan fingerprint density at radius 1 is 1.41 bits per heavy atom. The molecule has 17 heavy (non-hydrogen) atoms. The minimum atomic E-state index is -0.0906. The normalized spacial score (nSPS) is 10.8. The molecule has 0 spiro atoms. The summed E-state index contributed by atoms with van der Waals surface area (Å²) in [5.74, 6) is 0.676. The van der Waals surface area contributed by atoms with Gasteiger partial charge in [-0.3, -0.25) is 4.79 Å². The number of nitrogens with one attached hydrogen (secondary N) is 1. The number of carbonyl (C=O) groups is 1. The van der Waals surface area contributed by atoms with Crippen LogP contribution in [0.4, 0.5) is 0 Å². The Balaban J connectivity index is 2.51. The molecular weight excluding hydrogens is 216 g/mol. The van der Waals surface area contributed by atoms with Crippen LogP contribution in [0.1, 0.15) is 26.3 Å². The van der Waals surface area contributed by atoms with Crippen molar-refractivity contribution in [3.63, 3.8) is 0 Å². The third-order valence-electron chi connectivity index (χ3n) is 2.10. The van der Waals surface area contributed by atoms with Gasteiger partial charge in [-0.05, 0) is 36.8 Å². The average Bonchev–Trinajstić information content (AvgIpc) is 2.31. The monoisotopic (exact) mass is 234 g/mol. The molecule has 1 amide bonds. The van der Waals surface area contributed by atoms with Crippen LogP contribution in [0.5, 0.6) is 5.75 Å². The SMILES string of the molecule is CCOc1ccc(/C=N/NC(=O)C(C)C)cc1. The Morgan fingerprint density at radius 3 is 2.59 bits per heavy atom. The molecule has 1 rings (SSSR count). The van der Waals surface area contributed by atoms with E-state index in [-0.39, 0.29) is 11.8 Å². The second-order valence-corrected chi connectivity index (χ2v) is 3.89. The van der Waals surface area contributed by atoms with E-state index < -0.39 is 0 Å². The van der Waals surface area contributed by atoms with Crippen LogP contribution >= 0.6 is 0 Å². The first-order valence-corrected chi connectivity index (χ1v) is 5.69. The van der Waals surface area contributed by atoms with E-state index in [9.17, 15) is 4.79 Å². The van der Waals surface area contributed by atoms with E-state index in [0.29, 0.717) is 6.61 Å². The van der Waals surface area contributed by atoms with E-state index in [2.05, 4.69) is 10.5 Å². The fourth-order valence-electron chi connectivity index (χ4n) is 1.12. The highest BCUT2D eigenvalue weighted by Crippen LogP contribution is 2.10. The van der Waals surface area contributed by atoms with Crippen LogP contribution < -0.4 is 10.2 Å². The molecule has 92 valence electrons.